The second kappa shape index (κ2) is 61.6. The fourth-order valence-electron chi connectivity index (χ4n) is 9.17. The molecule has 6 aromatic heterocycles. The largest absolute Gasteiger partial charge is 0.488 e. The molecule has 0 spiro atoms. The number of carbonyl (C=O) groups is 11. The van der Waals surface area contributed by atoms with Crippen molar-refractivity contribution < 1.29 is 116 Å². The van der Waals surface area contributed by atoms with E-state index >= 15 is 0 Å². The lowest BCUT2D eigenvalue weighted by atomic mass is 9.80. The number of aromatic nitrogens is 2. The Kier molecular flexibility index (Phi) is 58.8. The summed E-state index contributed by atoms with van der Waals surface area (Å²) in [5, 5.41) is 50.8. The molecule has 36 nitrogen and oxygen atoms in total. The number of guanidine groups is 2. The van der Waals surface area contributed by atoms with E-state index < -0.39 is 95.2 Å². The topological polar surface area (TPSA) is 519 Å². The molecular formula is C95H133BBr2N12O24S5. The van der Waals surface area contributed by atoms with Gasteiger partial charge in [-0.2, -0.15) is 5.10 Å². The number of nitrogens with two attached hydrogens (primary N) is 2. The van der Waals surface area contributed by atoms with E-state index in [4.69, 9.17) is 64.9 Å². The lowest BCUT2D eigenvalue weighted by Crippen LogP contribution is -2.47. The number of halogens is 2. The number of amides is 6. The van der Waals surface area contributed by atoms with Crippen LogP contribution in [0, 0.1) is 0 Å². The van der Waals surface area contributed by atoms with Crippen LogP contribution in [0.4, 0.5) is 51.5 Å². The van der Waals surface area contributed by atoms with Crippen molar-refractivity contribution in [2.45, 2.75) is 210 Å². The molecule has 0 radical (unpaired) electrons. The quantitative estimate of drug-likeness (QED) is 0.0143. The number of carboxylic acids is 2. The van der Waals surface area contributed by atoms with Crippen molar-refractivity contribution in [3.63, 3.8) is 0 Å². The highest BCUT2D eigenvalue weighted by Crippen LogP contribution is 2.34. The molecule has 4 aromatic carbocycles. The Balaban J connectivity index is -0.000000796. The molecule has 0 fully saturated rings. The monoisotopic (exact) mass is 2150 g/mol. The van der Waals surface area contributed by atoms with E-state index in [0.717, 1.165) is 50.2 Å². The van der Waals surface area contributed by atoms with Crippen molar-refractivity contribution in [2.75, 3.05) is 32.8 Å². The zero-order chi connectivity index (χ0) is 99.4. The zero-order valence-electron chi connectivity index (χ0n) is 76.0. The Hall–Kier alpha value is -12.7. The molecule has 139 heavy (non-hydrogen) atoms. The number of ether oxygens (including phenoxy) is 9. The normalized spacial score (nSPS) is 10.4. The number of carbonyl (C=O) groups excluding carboxylic acids is 9. The third-order valence-electron chi connectivity index (χ3n) is 14.1. The average molecular weight is 2160 g/mol. The van der Waals surface area contributed by atoms with E-state index in [0.29, 0.717) is 47.7 Å². The zero-order valence-corrected chi connectivity index (χ0v) is 83.2. The summed E-state index contributed by atoms with van der Waals surface area (Å²) in [6.45, 7) is 30.9. The summed E-state index contributed by atoms with van der Waals surface area (Å²) in [7, 11) is 2.65. The summed E-state index contributed by atoms with van der Waals surface area (Å²) in [5.41, 5.74) is 11.8. The van der Waals surface area contributed by atoms with E-state index in [-0.39, 0.29) is 86.7 Å². The number of nitrogens with zero attached hydrogens (tertiary/aromatic N) is 5. The fourth-order valence-corrected chi connectivity index (χ4v) is 14.4. The number of benzene rings is 4. The fraction of sp³-hybridized carbons (Fsp3) is 0.358. The number of methoxy groups -OCH3 is 3. The first kappa shape index (κ1) is 133. The van der Waals surface area contributed by atoms with Gasteiger partial charge in [-0.15, -0.1) is 61.7 Å². The van der Waals surface area contributed by atoms with Gasteiger partial charge in [0.25, 0.3) is 0 Å². The number of nitrogen functional groups attached to an aromatic ring is 2. The van der Waals surface area contributed by atoms with E-state index in [1.54, 1.807) is 234 Å². The van der Waals surface area contributed by atoms with Gasteiger partial charge in [0.05, 0.1) is 40.3 Å². The molecule has 0 aliphatic carbocycles. The van der Waals surface area contributed by atoms with Gasteiger partial charge in [-0.3, -0.25) is 26.6 Å². The molecule has 0 bridgehead atoms. The van der Waals surface area contributed by atoms with Crippen LogP contribution in [0.3, 0.4) is 0 Å². The van der Waals surface area contributed by atoms with Crippen molar-refractivity contribution in [1.29, 1.82) is 0 Å². The lowest BCUT2D eigenvalue weighted by molar-refractivity contribution is 0.0521. The molecule has 44 heteroatoms. The van der Waals surface area contributed by atoms with Crippen LogP contribution in [-0.2, 0) is 42.6 Å². The average Bonchev–Trinajstić information content (AvgIpc) is 1.72. The van der Waals surface area contributed by atoms with Gasteiger partial charge >= 0.3 is 73.5 Å². The second-order valence-electron chi connectivity index (χ2n) is 32.5. The minimum absolute atomic E-state index is 0. The molecule has 10 aromatic rings. The Labute approximate surface area is 851 Å². The number of aromatic carboxylic acids is 2. The molecule has 0 saturated carbocycles. The number of alkyl carbamates (subject to hydrolysis) is 5. The van der Waals surface area contributed by atoms with Crippen LogP contribution in [0.2, 0.25) is 0 Å². The summed E-state index contributed by atoms with van der Waals surface area (Å²) < 4.78 is 48.1. The molecule has 764 valence electrons. The summed E-state index contributed by atoms with van der Waals surface area (Å²) >= 11 is 12.8. The van der Waals surface area contributed by atoms with Gasteiger partial charge in [0, 0.05) is 38.4 Å². The standard InChI is InChI=1S/C23H29N3O6S.C22H27N3O6S.C14H22N4O4.C12H11NO2S.C6H8BNO2.C6H5BrO2S.C5H3BrO2S.7CH4/c1-22(2,3)31-20(28)25-19(26-21(29)32-23(4,5)6)24-15-10-8-9-14(13-15)16-11-12-17(33-16)18(27)30-7;1-21(2,3)30-19(28)24-18(25-20(29)31-22(4,5)6)23-14-9-7-8-13(12-14)15-10-11-16(32-15)17(26)27;1-13(2,3)21-11(19)16-10(18-9-7-8-15-18)17-12(20)22-14(4,5)6;1-15-12(14)11-6-5-10(16-11)8-3-2-4-9(13)7-8;8-6-3-1-2-5(4-6)7(9)10;1-9-6(8)4-2-3-5(7)10-4;6-4-2-1-3(9-4)5(7)8;;;;;;;/h8-13H,1-7H3,(H2,24,25,26,28,29);7-12H,1-6H3,(H,26,27)(H2,23,24,25,28,29);7-9H,1-6H3,(H,16,17,19,20);2-7H,13H2,1H3;1-4,9-10H,8H2;2-3H,1H3;1-2H,(H,7,8);7*1H4. The van der Waals surface area contributed by atoms with Crippen molar-refractivity contribution in [2.24, 2.45) is 15.0 Å². The summed E-state index contributed by atoms with van der Waals surface area (Å²) in [4.78, 5) is 145. The first-order valence-corrected chi connectivity index (χ1v) is 44.7. The minimum Gasteiger partial charge on any atom is -0.477 e. The van der Waals surface area contributed by atoms with Gasteiger partial charge in [-0.05, 0) is 294 Å². The maximum absolute atomic E-state index is 12.3. The minimum atomic E-state index is -1.43. The van der Waals surface area contributed by atoms with Crippen LogP contribution in [0.5, 0.6) is 0 Å². The molecule has 0 atom stereocenters. The van der Waals surface area contributed by atoms with Crippen LogP contribution in [-0.4, -0.2) is 176 Å². The van der Waals surface area contributed by atoms with Crippen LogP contribution >= 0.6 is 88.5 Å². The first-order chi connectivity index (χ1) is 61.3. The van der Waals surface area contributed by atoms with E-state index in [9.17, 15) is 52.7 Å². The summed E-state index contributed by atoms with van der Waals surface area (Å²) in [6, 6.07) is 46.8. The highest BCUT2D eigenvalue weighted by atomic mass is 79.9. The van der Waals surface area contributed by atoms with Crippen molar-refractivity contribution in [1.82, 2.24) is 36.4 Å². The smallest absolute Gasteiger partial charge is 0.477 e. The number of rotatable bonds is 11. The molecule has 0 aliphatic rings. The Morgan fingerprint density at radius 1 is 0.374 bits per heavy atom. The molecular weight excluding hydrogens is 2020 g/mol. The number of thiophene rings is 5. The predicted octanol–water partition coefficient (Wildman–Crippen LogP) is 23.6. The van der Waals surface area contributed by atoms with Gasteiger partial charge in [-0.25, -0.2) is 67.4 Å². The number of esters is 3. The van der Waals surface area contributed by atoms with Crippen LogP contribution < -0.4 is 43.5 Å². The third kappa shape index (κ3) is 54.3. The van der Waals surface area contributed by atoms with Crippen LogP contribution in [0.1, 0.15) is 225 Å². The van der Waals surface area contributed by atoms with Gasteiger partial charge in [0.2, 0.25) is 17.9 Å². The Bertz CT molecular complexity index is 5610. The Morgan fingerprint density at radius 3 is 0.950 bits per heavy atom. The number of carboxylic acid groups (broad SMARTS) is 2. The second-order valence-corrected chi connectivity index (χ2v) is 40.7. The number of hydrogen-bond donors (Lipinski definition) is 11. The molecule has 0 unspecified atom stereocenters. The molecule has 6 amide bonds. The van der Waals surface area contributed by atoms with Crippen molar-refractivity contribution >= 4 is 208 Å². The predicted molar refractivity (Wildman–Crippen MR) is 566 cm³/mol. The van der Waals surface area contributed by atoms with Gasteiger partial charge in [-0.1, -0.05) is 101 Å². The van der Waals surface area contributed by atoms with Crippen LogP contribution in [0.15, 0.2) is 199 Å². The Morgan fingerprint density at radius 2 is 0.669 bits per heavy atom. The summed E-state index contributed by atoms with van der Waals surface area (Å²) in [6.07, 6.45) is -1.73. The molecule has 0 saturated heterocycles. The number of anilines is 2. The highest BCUT2D eigenvalue weighted by Gasteiger charge is 2.27. The molecule has 6 heterocycles. The summed E-state index contributed by atoms with van der Waals surface area (Å²) in [5.74, 6) is -3.30. The molecule has 0 aliphatic heterocycles. The van der Waals surface area contributed by atoms with E-state index in [2.05, 4.69) is 88.0 Å². The maximum atomic E-state index is 12.3. The maximum Gasteiger partial charge on any atom is 0.488 e. The van der Waals surface area contributed by atoms with E-state index in [1.807, 2.05) is 42.5 Å². The SMILES string of the molecule is C.C.C.C.C.C.C.CC(C)(C)OC(=O)N=C(NC(=O)OC(C)(C)C)n1cccn1.CC(C)(C)OC(=O)NC(=Nc1cccc(-c2ccc(C(=O)O)s2)c1)NC(=O)OC(C)(C)C.COC(=O)c1ccc(-c2cccc(N)c2)s1.COC(=O)c1ccc(-c2cccc(N=C(NC(=O)OC(C)(C)C)NC(=O)OC(C)(C)C)c2)s1.COC(=O)c1ccc(Br)s1.Nc1cccc(B(O)O)c1.O=C(O)c1ccc(Br)s1. The molecule has 10 rings (SSSR count). The van der Waals surface area contributed by atoms with Crippen molar-refractivity contribution in [3.05, 3.63) is 208 Å². The van der Waals surface area contributed by atoms with Crippen molar-refractivity contribution in [3.8, 4) is 31.3 Å². The number of hydrogen-bond acceptors (Lipinski definition) is 32. The van der Waals surface area contributed by atoms with Gasteiger partial charge < -0.3 is 74.4 Å². The highest BCUT2D eigenvalue weighted by molar-refractivity contribution is 9.11. The third-order valence-corrected chi connectivity index (χ3v) is 20.6. The van der Waals surface area contributed by atoms with Crippen LogP contribution in [0.25, 0.3) is 31.3 Å². The van der Waals surface area contributed by atoms with Gasteiger partial charge in [0.1, 0.15) is 58.0 Å². The van der Waals surface area contributed by atoms with Gasteiger partial charge in [0.15, 0.2) is 0 Å². The molecule has 13 N–H and O–H groups in total. The van der Waals surface area contributed by atoms with E-state index in [1.165, 1.54) is 95.9 Å². The number of nitrogens with one attached hydrogen (secondary N) is 5. The lowest BCUT2D eigenvalue weighted by Gasteiger charge is -2.22. The number of aliphatic imine (C=N–C) groups is 3. The first-order valence-electron chi connectivity index (χ1n) is 39.1.